The maximum absolute atomic E-state index is 12.7. The van der Waals surface area contributed by atoms with Crippen molar-refractivity contribution in [1.29, 1.82) is 0 Å². The van der Waals surface area contributed by atoms with E-state index in [2.05, 4.69) is 10.2 Å². The molecule has 1 aliphatic rings. The molecule has 2 aromatic carbocycles. The minimum Gasteiger partial charge on any atom is -0.507 e. The number of ether oxygens (including phenoxy) is 1. The predicted molar refractivity (Wildman–Crippen MR) is 142 cm³/mol. The number of aromatic hydroxyl groups is 1. The summed E-state index contributed by atoms with van der Waals surface area (Å²) in [6, 6.07) is 11.1. The number of benzene rings is 2. The fourth-order valence-corrected chi connectivity index (χ4v) is 4.60. The van der Waals surface area contributed by atoms with Gasteiger partial charge in [-0.25, -0.2) is 0 Å². The first-order valence-corrected chi connectivity index (χ1v) is 12.4. The number of aliphatic hydroxyl groups excluding tert-OH is 1. The number of hydrogen-bond donors (Lipinski definition) is 4. The molecule has 1 amide bonds. The topological polar surface area (TPSA) is 108 Å². The van der Waals surface area contributed by atoms with Crippen LogP contribution in [-0.4, -0.2) is 58.7 Å². The van der Waals surface area contributed by atoms with E-state index < -0.39 is 5.91 Å². The zero-order valence-electron chi connectivity index (χ0n) is 20.6. The summed E-state index contributed by atoms with van der Waals surface area (Å²) in [6.45, 7) is 10.1. The molecule has 1 aliphatic heterocycles. The summed E-state index contributed by atoms with van der Waals surface area (Å²) in [6.07, 6.45) is 0. The fourth-order valence-electron chi connectivity index (χ4n) is 4.21. The zero-order valence-corrected chi connectivity index (χ0v) is 21.5. The second-order valence-electron chi connectivity index (χ2n) is 8.94. The van der Waals surface area contributed by atoms with E-state index in [9.17, 15) is 15.0 Å². The molecule has 188 valence electrons. The molecule has 7 nitrogen and oxygen atoms in total. The number of amides is 1. The molecule has 1 saturated heterocycles. The third kappa shape index (κ3) is 6.46. The van der Waals surface area contributed by atoms with Crippen LogP contribution in [0.25, 0.3) is 5.57 Å². The molecule has 0 aliphatic carbocycles. The Morgan fingerprint density at radius 2 is 1.86 bits per heavy atom. The van der Waals surface area contributed by atoms with Gasteiger partial charge in [-0.05, 0) is 47.2 Å². The van der Waals surface area contributed by atoms with Gasteiger partial charge in [-0.1, -0.05) is 50.3 Å². The zero-order chi connectivity index (χ0) is 25.5. The van der Waals surface area contributed by atoms with E-state index >= 15 is 0 Å². The number of phenolic OH excluding ortho intramolecular Hbond substituents is 1. The molecule has 8 heteroatoms. The number of morpholine rings is 1. The van der Waals surface area contributed by atoms with Crippen molar-refractivity contribution in [3.05, 3.63) is 69.9 Å². The Bertz CT molecular complexity index is 1090. The van der Waals surface area contributed by atoms with E-state index in [1.165, 1.54) is 6.07 Å². The van der Waals surface area contributed by atoms with Crippen LogP contribution in [0.1, 0.15) is 54.5 Å². The third-order valence-electron chi connectivity index (χ3n) is 6.13. The Hall–Kier alpha value is -2.78. The number of hydrogen-bond acceptors (Lipinski definition) is 7. The number of phenols is 1. The van der Waals surface area contributed by atoms with E-state index in [0.717, 1.165) is 44.0 Å². The number of likely N-dealkylation sites (N-methyl/N-ethyl adjacent to an activating group) is 1. The van der Waals surface area contributed by atoms with Gasteiger partial charge in [-0.3, -0.25) is 9.69 Å². The van der Waals surface area contributed by atoms with Gasteiger partial charge >= 0.3 is 0 Å². The van der Waals surface area contributed by atoms with E-state index in [4.69, 9.17) is 22.7 Å². The number of thiocarbonyl (C=S) groups is 1. The van der Waals surface area contributed by atoms with Gasteiger partial charge in [-0.15, -0.1) is 0 Å². The SMILES string of the molecule is CCNC(=O)/C(N)=C(/C(=S)c1cc(C(C)C)c(CO)cc1O)c1ccc(CN2CCOCC2)cc1. The van der Waals surface area contributed by atoms with Crippen LogP contribution in [0.15, 0.2) is 42.1 Å². The number of nitrogens with one attached hydrogen (secondary N) is 1. The van der Waals surface area contributed by atoms with Crippen LogP contribution in [0.5, 0.6) is 5.75 Å². The lowest BCUT2D eigenvalue weighted by Gasteiger charge is -2.26. The number of rotatable bonds is 9. The van der Waals surface area contributed by atoms with Crippen molar-refractivity contribution in [2.24, 2.45) is 5.73 Å². The standard InChI is InChI=1S/C27H35N3O4S/c1-4-29-27(33)25(28)24(19-7-5-18(6-8-19)15-30-9-11-34-12-10-30)26(35)22-14-21(17(2)3)20(16-31)13-23(22)32/h5-8,13-14,17,31-32H,4,9-12,15-16,28H2,1-3H3,(H,29,33)/b25-24-. The predicted octanol–water partition coefficient (Wildman–Crippen LogP) is 3.06. The average molecular weight is 498 g/mol. The number of nitrogens with zero attached hydrogens (tertiary/aromatic N) is 1. The van der Waals surface area contributed by atoms with Crippen LogP contribution in [0.4, 0.5) is 0 Å². The largest absolute Gasteiger partial charge is 0.507 e. The van der Waals surface area contributed by atoms with Crippen LogP contribution in [-0.2, 0) is 22.7 Å². The summed E-state index contributed by atoms with van der Waals surface area (Å²) in [4.78, 5) is 15.3. The van der Waals surface area contributed by atoms with Gasteiger partial charge in [0.25, 0.3) is 5.91 Å². The van der Waals surface area contributed by atoms with Crippen molar-refractivity contribution in [3.63, 3.8) is 0 Å². The maximum atomic E-state index is 12.7. The average Bonchev–Trinajstić information content (AvgIpc) is 2.85. The van der Waals surface area contributed by atoms with Gasteiger partial charge in [0.2, 0.25) is 0 Å². The summed E-state index contributed by atoms with van der Waals surface area (Å²) in [5.74, 6) is -0.377. The first-order chi connectivity index (χ1) is 16.8. The Kier molecular flexibility index (Phi) is 9.40. The summed E-state index contributed by atoms with van der Waals surface area (Å²) in [5, 5.41) is 23.2. The van der Waals surface area contributed by atoms with Gasteiger partial charge in [0, 0.05) is 37.3 Å². The lowest BCUT2D eigenvalue weighted by Crippen LogP contribution is -2.35. The normalized spacial score (nSPS) is 15.1. The van der Waals surface area contributed by atoms with E-state index in [0.29, 0.717) is 28.8 Å². The second-order valence-corrected chi connectivity index (χ2v) is 9.35. The molecule has 0 atom stereocenters. The molecule has 0 unspecified atom stereocenters. The van der Waals surface area contributed by atoms with Gasteiger partial charge in [0.05, 0.1) is 24.7 Å². The molecule has 3 rings (SSSR count). The molecule has 5 N–H and O–H groups in total. The number of carbonyl (C=O) groups is 1. The number of nitrogens with two attached hydrogens (primary N) is 1. The highest BCUT2D eigenvalue weighted by atomic mass is 32.1. The molecule has 0 bridgehead atoms. The monoisotopic (exact) mass is 497 g/mol. The second kappa shape index (κ2) is 12.3. The molecule has 0 saturated carbocycles. The Balaban J connectivity index is 2.03. The molecule has 0 spiro atoms. The summed E-state index contributed by atoms with van der Waals surface area (Å²) < 4.78 is 5.42. The first-order valence-electron chi connectivity index (χ1n) is 12.0. The highest BCUT2D eigenvalue weighted by Crippen LogP contribution is 2.33. The molecular weight excluding hydrogens is 462 g/mol. The third-order valence-corrected chi connectivity index (χ3v) is 6.55. The highest BCUT2D eigenvalue weighted by Gasteiger charge is 2.23. The fraction of sp³-hybridized carbons (Fsp3) is 0.407. The van der Waals surface area contributed by atoms with E-state index in [1.807, 2.05) is 45.0 Å². The van der Waals surface area contributed by atoms with Gasteiger partial charge in [0.1, 0.15) is 11.4 Å². The van der Waals surface area contributed by atoms with Crippen molar-refractivity contribution in [2.75, 3.05) is 32.8 Å². The Morgan fingerprint density at radius 1 is 1.20 bits per heavy atom. The molecule has 1 fully saturated rings. The molecule has 0 aromatic heterocycles. The minimum absolute atomic E-state index is 0.00508. The van der Waals surface area contributed by atoms with E-state index in [-0.39, 0.29) is 28.8 Å². The van der Waals surface area contributed by atoms with E-state index in [1.54, 1.807) is 6.07 Å². The highest BCUT2D eigenvalue weighted by molar-refractivity contribution is 7.82. The Labute approximate surface area is 212 Å². The molecular formula is C27H35N3O4S. The summed E-state index contributed by atoms with van der Waals surface area (Å²) >= 11 is 5.82. The molecule has 0 radical (unpaired) electrons. The minimum atomic E-state index is -0.419. The summed E-state index contributed by atoms with van der Waals surface area (Å²) in [7, 11) is 0. The molecule has 35 heavy (non-hydrogen) atoms. The van der Waals surface area contributed by atoms with Crippen LogP contribution in [0, 0.1) is 0 Å². The lowest BCUT2D eigenvalue weighted by molar-refractivity contribution is -0.117. The summed E-state index contributed by atoms with van der Waals surface area (Å²) in [5.41, 5.74) is 10.5. The number of allylic oxidation sites excluding steroid dienone is 1. The first kappa shape index (κ1) is 26.8. The maximum Gasteiger partial charge on any atom is 0.267 e. The van der Waals surface area contributed by atoms with Crippen LogP contribution >= 0.6 is 12.2 Å². The van der Waals surface area contributed by atoms with Crippen molar-refractivity contribution in [1.82, 2.24) is 10.2 Å². The molecule has 2 aromatic rings. The van der Waals surface area contributed by atoms with Crippen LogP contribution < -0.4 is 11.1 Å². The van der Waals surface area contributed by atoms with Gasteiger partial charge < -0.3 is 26.0 Å². The van der Waals surface area contributed by atoms with Crippen molar-refractivity contribution in [2.45, 2.75) is 39.8 Å². The quantitative estimate of drug-likeness (QED) is 0.240. The van der Waals surface area contributed by atoms with Crippen molar-refractivity contribution < 1.29 is 19.7 Å². The van der Waals surface area contributed by atoms with Gasteiger partial charge in [0.15, 0.2) is 0 Å². The van der Waals surface area contributed by atoms with Crippen LogP contribution in [0.2, 0.25) is 0 Å². The molecule has 1 heterocycles. The van der Waals surface area contributed by atoms with Crippen molar-refractivity contribution in [3.8, 4) is 5.75 Å². The number of aliphatic hydroxyl groups is 1. The lowest BCUT2D eigenvalue weighted by atomic mass is 9.89. The van der Waals surface area contributed by atoms with Gasteiger partial charge in [-0.2, -0.15) is 0 Å². The number of carbonyl (C=O) groups excluding carboxylic acids is 1. The smallest absolute Gasteiger partial charge is 0.267 e. The van der Waals surface area contributed by atoms with Crippen LogP contribution in [0.3, 0.4) is 0 Å². The van der Waals surface area contributed by atoms with Crippen molar-refractivity contribution >= 4 is 28.6 Å². The Morgan fingerprint density at radius 3 is 2.43 bits per heavy atom.